The molecule has 60 valence electrons. The second-order valence-corrected chi connectivity index (χ2v) is 3.33. The summed E-state index contributed by atoms with van der Waals surface area (Å²) in [5.41, 5.74) is 0.982. The maximum atomic E-state index is 10.7. The number of hydrogen-bond acceptors (Lipinski definition) is 3. The molecule has 0 bridgehead atoms. The minimum absolute atomic E-state index is 0.0880. The van der Waals surface area contributed by atoms with Gasteiger partial charge in [0.2, 0.25) is 0 Å². The first-order chi connectivity index (χ1) is 5.11. The van der Waals surface area contributed by atoms with Gasteiger partial charge in [-0.1, -0.05) is 0 Å². The van der Waals surface area contributed by atoms with Crippen molar-refractivity contribution in [2.24, 2.45) is 0 Å². The van der Waals surface area contributed by atoms with E-state index in [1.807, 2.05) is 12.3 Å². The van der Waals surface area contributed by atoms with Gasteiger partial charge in [0.15, 0.2) is 4.80 Å². The van der Waals surface area contributed by atoms with Crippen LogP contribution in [0.15, 0.2) is 5.38 Å². The maximum absolute atomic E-state index is 10.7. The van der Waals surface area contributed by atoms with E-state index < -0.39 is 0 Å². The van der Waals surface area contributed by atoms with Crippen LogP contribution >= 0.6 is 11.3 Å². The van der Waals surface area contributed by atoms with Gasteiger partial charge in [-0.3, -0.25) is 10.2 Å². The van der Waals surface area contributed by atoms with Crippen molar-refractivity contribution in [2.45, 2.75) is 20.4 Å². The van der Waals surface area contributed by atoms with E-state index in [-0.39, 0.29) is 5.78 Å². The number of carbonyl (C=O) groups is 1. The highest BCUT2D eigenvalue weighted by Crippen LogP contribution is 1.98. The topological polar surface area (TPSA) is 45.9 Å². The molecule has 0 aliphatic rings. The number of rotatable bonds is 2. The van der Waals surface area contributed by atoms with E-state index in [1.165, 1.54) is 18.3 Å². The minimum Gasteiger partial charge on any atom is -0.314 e. The Labute approximate surface area is 68.8 Å². The second kappa shape index (κ2) is 3.00. The summed E-state index contributed by atoms with van der Waals surface area (Å²) < 4.78 is 1.70. The molecule has 0 saturated carbocycles. The minimum atomic E-state index is 0.0880. The number of nitrogens with one attached hydrogen (secondary N) is 1. The maximum Gasteiger partial charge on any atom is 0.182 e. The Balaban J connectivity index is 3.01. The van der Waals surface area contributed by atoms with Crippen LogP contribution in [0.2, 0.25) is 0 Å². The summed E-state index contributed by atoms with van der Waals surface area (Å²) in [7, 11) is 0. The van der Waals surface area contributed by atoms with E-state index in [1.54, 1.807) is 4.57 Å². The first-order valence-corrected chi connectivity index (χ1v) is 4.18. The van der Waals surface area contributed by atoms with Crippen LogP contribution in [0.1, 0.15) is 12.6 Å². The number of aryl methyl sites for hydroxylation is 1. The van der Waals surface area contributed by atoms with Gasteiger partial charge in [-0.25, -0.2) is 0 Å². The molecule has 1 rings (SSSR count). The number of nitrogens with zero attached hydrogens (tertiary/aromatic N) is 1. The average molecular weight is 170 g/mol. The van der Waals surface area contributed by atoms with Crippen molar-refractivity contribution in [1.29, 1.82) is 5.41 Å². The molecule has 0 atom stereocenters. The first kappa shape index (κ1) is 8.20. The van der Waals surface area contributed by atoms with Gasteiger partial charge in [-0.05, 0) is 13.8 Å². The fourth-order valence-corrected chi connectivity index (χ4v) is 1.59. The quantitative estimate of drug-likeness (QED) is 0.705. The van der Waals surface area contributed by atoms with Crippen molar-refractivity contribution >= 4 is 17.1 Å². The van der Waals surface area contributed by atoms with Crippen LogP contribution in [-0.2, 0) is 11.3 Å². The molecule has 0 radical (unpaired) electrons. The Kier molecular flexibility index (Phi) is 2.24. The van der Waals surface area contributed by atoms with Crippen molar-refractivity contribution in [3.8, 4) is 0 Å². The fourth-order valence-electron chi connectivity index (χ4n) is 0.848. The highest BCUT2D eigenvalue weighted by Gasteiger charge is 2.01. The molecule has 11 heavy (non-hydrogen) atoms. The zero-order valence-electron chi connectivity index (χ0n) is 6.55. The zero-order chi connectivity index (χ0) is 8.43. The second-order valence-electron chi connectivity index (χ2n) is 2.47. The van der Waals surface area contributed by atoms with Crippen LogP contribution in [0.4, 0.5) is 0 Å². The lowest BCUT2D eigenvalue weighted by Crippen LogP contribution is -2.18. The van der Waals surface area contributed by atoms with Crippen LogP contribution in [0, 0.1) is 12.3 Å². The predicted molar refractivity (Wildman–Crippen MR) is 43.6 cm³/mol. The van der Waals surface area contributed by atoms with Crippen LogP contribution in [0.25, 0.3) is 0 Å². The lowest BCUT2D eigenvalue weighted by Gasteiger charge is -1.99. The Morgan fingerprint density at radius 2 is 2.45 bits per heavy atom. The van der Waals surface area contributed by atoms with E-state index >= 15 is 0 Å². The highest BCUT2D eigenvalue weighted by molar-refractivity contribution is 7.07. The number of hydrogen-bond donors (Lipinski definition) is 1. The molecule has 4 heteroatoms. The SMILES string of the molecule is CC(=O)Cn1c(C)csc1=N. The third kappa shape index (κ3) is 1.77. The van der Waals surface area contributed by atoms with Gasteiger partial charge in [-0.15, -0.1) is 11.3 Å². The Bertz CT molecular complexity index is 323. The average Bonchev–Trinajstić information content (AvgIpc) is 2.18. The summed E-state index contributed by atoms with van der Waals surface area (Å²) in [6.07, 6.45) is 0. The summed E-state index contributed by atoms with van der Waals surface area (Å²) >= 11 is 1.35. The van der Waals surface area contributed by atoms with E-state index in [4.69, 9.17) is 5.41 Å². The molecule has 1 N–H and O–H groups in total. The lowest BCUT2D eigenvalue weighted by molar-refractivity contribution is -0.117. The van der Waals surface area contributed by atoms with Crippen LogP contribution < -0.4 is 4.80 Å². The van der Waals surface area contributed by atoms with Crippen molar-refractivity contribution in [3.63, 3.8) is 0 Å². The molecule has 1 aromatic rings. The molecule has 0 aromatic carbocycles. The Morgan fingerprint density at radius 1 is 1.82 bits per heavy atom. The third-order valence-corrected chi connectivity index (χ3v) is 2.30. The molecule has 0 spiro atoms. The molecule has 1 heterocycles. The normalized spacial score (nSPS) is 10.0. The monoisotopic (exact) mass is 170 g/mol. The summed E-state index contributed by atoms with van der Waals surface area (Å²) in [5, 5.41) is 9.29. The molecular formula is C7H10N2OS. The first-order valence-electron chi connectivity index (χ1n) is 3.30. The van der Waals surface area contributed by atoms with Crippen molar-refractivity contribution < 1.29 is 4.79 Å². The Hall–Kier alpha value is -0.900. The summed E-state index contributed by atoms with van der Waals surface area (Å²) in [6.45, 7) is 3.76. The third-order valence-electron chi connectivity index (χ3n) is 1.39. The predicted octanol–water partition coefficient (Wildman–Crippen LogP) is 0.926. The van der Waals surface area contributed by atoms with Crippen molar-refractivity contribution in [2.75, 3.05) is 0 Å². The van der Waals surface area contributed by atoms with Crippen LogP contribution in [0.5, 0.6) is 0 Å². The molecule has 0 aliphatic heterocycles. The molecule has 0 fully saturated rings. The van der Waals surface area contributed by atoms with Gasteiger partial charge in [0.25, 0.3) is 0 Å². The summed E-state index contributed by atoms with van der Waals surface area (Å²) in [6, 6.07) is 0. The van der Waals surface area contributed by atoms with Gasteiger partial charge in [-0.2, -0.15) is 0 Å². The molecule has 1 aromatic heterocycles. The number of thiazole rings is 1. The fraction of sp³-hybridized carbons (Fsp3) is 0.429. The smallest absolute Gasteiger partial charge is 0.182 e. The summed E-state index contributed by atoms with van der Waals surface area (Å²) in [5.74, 6) is 0.0880. The number of aromatic nitrogens is 1. The molecular weight excluding hydrogens is 160 g/mol. The van der Waals surface area contributed by atoms with Gasteiger partial charge in [0, 0.05) is 11.1 Å². The van der Waals surface area contributed by atoms with E-state index in [9.17, 15) is 4.79 Å². The highest BCUT2D eigenvalue weighted by atomic mass is 32.1. The van der Waals surface area contributed by atoms with Crippen molar-refractivity contribution in [3.05, 3.63) is 15.9 Å². The van der Waals surface area contributed by atoms with Crippen molar-refractivity contribution in [1.82, 2.24) is 4.57 Å². The Morgan fingerprint density at radius 3 is 2.82 bits per heavy atom. The van der Waals surface area contributed by atoms with E-state index in [0.717, 1.165) is 5.69 Å². The number of Topliss-reactive ketones (excluding diaryl/α,β-unsaturated/α-hetero) is 1. The standard InChI is InChI=1S/C7H10N2OS/c1-5-4-11-7(8)9(5)3-6(2)10/h4,8H,3H2,1-2H3. The molecule has 0 saturated heterocycles. The number of carbonyl (C=O) groups excluding carboxylic acids is 1. The molecule has 3 nitrogen and oxygen atoms in total. The zero-order valence-corrected chi connectivity index (χ0v) is 7.36. The van der Waals surface area contributed by atoms with Gasteiger partial charge in [0.1, 0.15) is 5.78 Å². The lowest BCUT2D eigenvalue weighted by atomic mass is 10.4. The van der Waals surface area contributed by atoms with Crippen LogP contribution in [0.3, 0.4) is 0 Å². The molecule has 0 unspecified atom stereocenters. The number of ketones is 1. The van der Waals surface area contributed by atoms with Crippen LogP contribution in [-0.4, -0.2) is 10.4 Å². The van der Waals surface area contributed by atoms with E-state index in [2.05, 4.69) is 0 Å². The van der Waals surface area contributed by atoms with E-state index in [0.29, 0.717) is 11.3 Å². The molecule has 0 aliphatic carbocycles. The summed E-state index contributed by atoms with van der Waals surface area (Å²) in [4.78, 5) is 11.2. The molecule has 0 amide bonds. The van der Waals surface area contributed by atoms with Gasteiger partial charge >= 0.3 is 0 Å². The van der Waals surface area contributed by atoms with Gasteiger partial charge in [0.05, 0.1) is 6.54 Å². The van der Waals surface area contributed by atoms with Gasteiger partial charge < -0.3 is 4.57 Å². The largest absolute Gasteiger partial charge is 0.314 e.